The first kappa shape index (κ1) is 28.1. The molecule has 0 saturated carbocycles. The minimum Gasteiger partial charge on any atom is -0.379 e. The predicted octanol–water partition coefficient (Wildman–Crippen LogP) is 2.73. The number of aliphatic imine (C=N–C) groups is 1. The summed E-state index contributed by atoms with van der Waals surface area (Å²) < 4.78 is 11.1. The molecule has 2 N–H and O–H groups in total. The summed E-state index contributed by atoms with van der Waals surface area (Å²) >= 11 is 0. The highest BCUT2D eigenvalue weighted by molar-refractivity contribution is 14.0. The fourth-order valence-corrected chi connectivity index (χ4v) is 4.66. The molecule has 0 bridgehead atoms. The van der Waals surface area contributed by atoms with Crippen LogP contribution in [0.4, 0.5) is 5.82 Å². The van der Waals surface area contributed by atoms with E-state index in [4.69, 9.17) is 14.5 Å². The average Bonchev–Trinajstić information content (AvgIpc) is 2.86. The van der Waals surface area contributed by atoms with E-state index in [1.54, 1.807) is 0 Å². The fraction of sp³-hybridized carbons (Fsp3) is 0.750. The van der Waals surface area contributed by atoms with Gasteiger partial charge < -0.3 is 25.0 Å². The number of aromatic nitrogens is 1. The maximum absolute atomic E-state index is 5.59. The number of nitrogens with one attached hydrogen (secondary N) is 2. The summed E-state index contributed by atoms with van der Waals surface area (Å²) in [5.74, 6) is 2.56. The maximum atomic E-state index is 5.59. The number of hydrogen-bond donors (Lipinski definition) is 2. The van der Waals surface area contributed by atoms with E-state index in [-0.39, 0.29) is 24.0 Å². The summed E-state index contributed by atoms with van der Waals surface area (Å²) in [6.45, 7) is 16.0. The predicted molar refractivity (Wildman–Crippen MR) is 146 cm³/mol. The van der Waals surface area contributed by atoms with Gasteiger partial charge in [-0.2, -0.15) is 0 Å². The molecule has 8 nitrogen and oxygen atoms in total. The molecule has 0 aromatic carbocycles. The van der Waals surface area contributed by atoms with Crippen LogP contribution in [0.2, 0.25) is 0 Å². The Kier molecular flexibility index (Phi) is 13.3. The van der Waals surface area contributed by atoms with Gasteiger partial charge in [0, 0.05) is 57.1 Å². The van der Waals surface area contributed by atoms with E-state index in [0.29, 0.717) is 18.5 Å². The Labute approximate surface area is 216 Å². The van der Waals surface area contributed by atoms with Gasteiger partial charge in [0.05, 0.1) is 33.0 Å². The molecule has 1 aromatic heterocycles. The van der Waals surface area contributed by atoms with Crippen molar-refractivity contribution in [1.29, 1.82) is 0 Å². The van der Waals surface area contributed by atoms with Crippen LogP contribution in [0.5, 0.6) is 0 Å². The number of pyridine rings is 1. The normalized spacial score (nSPS) is 18.7. The van der Waals surface area contributed by atoms with E-state index in [1.165, 1.54) is 12.8 Å². The summed E-state index contributed by atoms with van der Waals surface area (Å²) in [7, 11) is 0. The van der Waals surface area contributed by atoms with Crippen LogP contribution < -0.4 is 15.5 Å². The SMILES string of the molecule is CCNC(=NCc1cccnc1N1CCOCC1)NCC(C(CC)CC)N1CCOCC1.I. The van der Waals surface area contributed by atoms with Gasteiger partial charge in [-0.1, -0.05) is 32.8 Å². The second-order valence-corrected chi connectivity index (χ2v) is 8.45. The largest absolute Gasteiger partial charge is 0.379 e. The number of morpholine rings is 2. The first-order valence-electron chi connectivity index (χ1n) is 12.4. The highest BCUT2D eigenvalue weighted by atomic mass is 127. The minimum atomic E-state index is 0. The zero-order chi connectivity index (χ0) is 22.6. The quantitative estimate of drug-likeness (QED) is 0.253. The molecule has 1 unspecified atom stereocenters. The third-order valence-corrected chi connectivity index (χ3v) is 6.52. The standard InChI is InChI=1S/C24H42N6O2.HI/c1-4-20(5-2)22(29-10-14-31-15-11-29)19-28-24(25-6-3)27-18-21-8-7-9-26-23(21)30-12-16-32-17-13-30;/h7-9,20,22H,4-6,10-19H2,1-3H3,(H2,25,27,28);1H. The van der Waals surface area contributed by atoms with Gasteiger partial charge in [-0.05, 0) is 18.9 Å². The number of guanidine groups is 1. The Hall–Kier alpha value is -1.17. The van der Waals surface area contributed by atoms with Crippen molar-refractivity contribution in [3.05, 3.63) is 23.9 Å². The summed E-state index contributed by atoms with van der Waals surface area (Å²) in [5, 5.41) is 7.07. The van der Waals surface area contributed by atoms with Crippen LogP contribution in [0.1, 0.15) is 39.2 Å². The van der Waals surface area contributed by atoms with Crippen molar-refractivity contribution in [2.24, 2.45) is 10.9 Å². The van der Waals surface area contributed by atoms with Crippen LogP contribution in [0, 0.1) is 5.92 Å². The molecule has 33 heavy (non-hydrogen) atoms. The molecule has 0 radical (unpaired) electrons. The summed E-state index contributed by atoms with van der Waals surface area (Å²) in [6.07, 6.45) is 4.24. The van der Waals surface area contributed by atoms with Crippen LogP contribution in [0.15, 0.2) is 23.3 Å². The minimum absolute atomic E-state index is 0. The van der Waals surface area contributed by atoms with Gasteiger partial charge >= 0.3 is 0 Å². The van der Waals surface area contributed by atoms with Gasteiger partial charge in [0.1, 0.15) is 5.82 Å². The number of nitrogens with zero attached hydrogens (tertiary/aromatic N) is 4. The van der Waals surface area contributed by atoms with Crippen molar-refractivity contribution in [2.45, 2.75) is 46.2 Å². The molecular weight excluding hydrogens is 531 g/mol. The number of halogens is 1. The lowest BCUT2D eigenvalue weighted by Gasteiger charge is -2.39. The molecule has 1 aromatic rings. The van der Waals surface area contributed by atoms with Gasteiger partial charge in [0.25, 0.3) is 0 Å². The smallest absolute Gasteiger partial charge is 0.191 e. The number of hydrogen-bond acceptors (Lipinski definition) is 6. The van der Waals surface area contributed by atoms with Gasteiger partial charge in [-0.15, -0.1) is 24.0 Å². The van der Waals surface area contributed by atoms with Gasteiger partial charge in [-0.25, -0.2) is 9.98 Å². The molecule has 188 valence electrons. The lowest BCUT2D eigenvalue weighted by molar-refractivity contribution is 0.00272. The second kappa shape index (κ2) is 15.7. The monoisotopic (exact) mass is 574 g/mol. The van der Waals surface area contributed by atoms with Gasteiger partial charge in [0.15, 0.2) is 5.96 Å². The Morgan fingerprint density at radius 1 is 1.03 bits per heavy atom. The van der Waals surface area contributed by atoms with Gasteiger partial charge in [0.2, 0.25) is 0 Å². The van der Waals surface area contributed by atoms with E-state index in [2.05, 4.69) is 52.3 Å². The van der Waals surface area contributed by atoms with Crippen molar-refractivity contribution in [1.82, 2.24) is 20.5 Å². The molecule has 3 heterocycles. The van der Waals surface area contributed by atoms with Crippen LogP contribution in [-0.4, -0.2) is 87.6 Å². The van der Waals surface area contributed by atoms with E-state index in [0.717, 1.165) is 83.0 Å². The maximum Gasteiger partial charge on any atom is 0.191 e. The van der Waals surface area contributed by atoms with Crippen LogP contribution in [-0.2, 0) is 16.0 Å². The Morgan fingerprint density at radius 3 is 2.33 bits per heavy atom. The fourth-order valence-electron chi connectivity index (χ4n) is 4.66. The Balaban J connectivity index is 0.00000385. The lowest BCUT2D eigenvalue weighted by atomic mass is 9.92. The third kappa shape index (κ3) is 8.52. The number of rotatable bonds is 10. The molecule has 2 saturated heterocycles. The summed E-state index contributed by atoms with van der Waals surface area (Å²) in [4.78, 5) is 14.5. The first-order chi connectivity index (χ1) is 15.8. The van der Waals surface area contributed by atoms with Crippen LogP contribution in [0.25, 0.3) is 0 Å². The zero-order valence-corrected chi connectivity index (χ0v) is 22.9. The third-order valence-electron chi connectivity index (χ3n) is 6.52. The Morgan fingerprint density at radius 2 is 1.70 bits per heavy atom. The first-order valence-corrected chi connectivity index (χ1v) is 12.4. The van der Waals surface area contributed by atoms with Crippen molar-refractivity contribution in [2.75, 3.05) is 70.6 Å². The average molecular weight is 575 g/mol. The molecule has 0 amide bonds. The highest BCUT2D eigenvalue weighted by Crippen LogP contribution is 2.21. The molecular formula is C24H43IN6O2. The molecule has 3 rings (SSSR count). The highest BCUT2D eigenvalue weighted by Gasteiger charge is 2.27. The Bertz CT molecular complexity index is 691. The van der Waals surface area contributed by atoms with E-state index >= 15 is 0 Å². The second-order valence-electron chi connectivity index (χ2n) is 8.45. The van der Waals surface area contributed by atoms with Crippen molar-refractivity contribution < 1.29 is 9.47 Å². The van der Waals surface area contributed by atoms with E-state index in [9.17, 15) is 0 Å². The van der Waals surface area contributed by atoms with E-state index in [1.807, 2.05) is 12.3 Å². The molecule has 0 spiro atoms. The van der Waals surface area contributed by atoms with Crippen molar-refractivity contribution >= 4 is 35.8 Å². The molecule has 0 aliphatic carbocycles. The summed E-state index contributed by atoms with van der Waals surface area (Å²) in [6, 6.07) is 4.61. The van der Waals surface area contributed by atoms with Gasteiger partial charge in [-0.3, -0.25) is 4.90 Å². The topological polar surface area (TPSA) is 74.2 Å². The lowest BCUT2D eigenvalue weighted by Crippen LogP contribution is -2.53. The zero-order valence-electron chi connectivity index (χ0n) is 20.6. The molecule has 2 aliphatic rings. The van der Waals surface area contributed by atoms with Crippen LogP contribution >= 0.6 is 24.0 Å². The summed E-state index contributed by atoms with van der Waals surface area (Å²) in [5.41, 5.74) is 1.15. The van der Waals surface area contributed by atoms with Crippen molar-refractivity contribution in [3.63, 3.8) is 0 Å². The van der Waals surface area contributed by atoms with E-state index < -0.39 is 0 Å². The molecule has 1 atom stereocenters. The van der Waals surface area contributed by atoms with Crippen LogP contribution in [0.3, 0.4) is 0 Å². The number of ether oxygens (including phenoxy) is 2. The number of anilines is 1. The molecule has 9 heteroatoms. The molecule has 2 aliphatic heterocycles. The molecule has 2 fully saturated rings. The van der Waals surface area contributed by atoms with Crippen molar-refractivity contribution in [3.8, 4) is 0 Å².